The van der Waals surface area contributed by atoms with Gasteiger partial charge in [0.1, 0.15) is 0 Å². The number of hydrogen-bond donors (Lipinski definition) is 1. The van der Waals surface area contributed by atoms with E-state index in [4.69, 9.17) is 16.6 Å². The number of carbonyl (C=O) groups is 1. The minimum absolute atomic E-state index is 0.0295. The molecule has 1 unspecified atom stereocenters. The Morgan fingerprint density at radius 2 is 1.86 bits per heavy atom. The van der Waals surface area contributed by atoms with E-state index in [2.05, 4.69) is 54.7 Å². The summed E-state index contributed by atoms with van der Waals surface area (Å²) in [6, 6.07) is 18.1. The lowest BCUT2D eigenvalue weighted by Gasteiger charge is -2.51. The summed E-state index contributed by atoms with van der Waals surface area (Å²) >= 11 is 7.85. The number of rotatable bonds is 4. The molecule has 7 heteroatoms. The lowest BCUT2D eigenvalue weighted by atomic mass is 9.65. The van der Waals surface area contributed by atoms with E-state index in [0.717, 1.165) is 40.2 Å². The first kappa shape index (κ1) is 23.5. The number of amides is 1. The van der Waals surface area contributed by atoms with Crippen LogP contribution in [0, 0.1) is 0 Å². The van der Waals surface area contributed by atoms with Crippen molar-refractivity contribution < 1.29 is 4.79 Å². The predicted octanol–water partition coefficient (Wildman–Crippen LogP) is 7.44. The van der Waals surface area contributed by atoms with E-state index in [1.54, 1.807) is 24.5 Å². The fraction of sp³-hybridized carbons (Fsp3) is 0.250. The van der Waals surface area contributed by atoms with Crippen molar-refractivity contribution in [2.45, 2.75) is 45.1 Å². The third-order valence-electron chi connectivity index (χ3n) is 6.75. The molecular weight excluding hydrogens is 476 g/mol. The van der Waals surface area contributed by atoms with Gasteiger partial charge in [0.2, 0.25) is 11.9 Å². The first-order valence-electron chi connectivity index (χ1n) is 11.5. The lowest BCUT2D eigenvalue weighted by Crippen LogP contribution is -2.55. The molecule has 1 aliphatic heterocycles. The summed E-state index contributed by atoms with van der Waals surface area (Å²) in [5.41, 5.74) is 5.28. The summed E-state index contributed by atoms with van der Waals surface area (Å²) in [5.74, 6) is 0.559. The van der Waals surface area contributed by atoms with Crippen LogP contribution in [0.25, 0.3) is 11.3 Å². The Morgan fingerprint density at radius 1 is 1.09 bits per heavy atom. The summed E-state index contributed by atoms with van der Waals surface area (Å²) in [6.45, 7) is 8.13. The highest BCUT2D eigenvalue weighted by Gasteiger charge is 2.47. The number of aromatic nitrogens is 2. The Bertz CT molecular complexity index is 1380. The minimum Gasteiger partial charge on any atom is -0.324 e. The molecule has 3 heterocycles. The second kappa shape index (κ2) is 8.77. The van der Waals surface area contributed by atoms with Crippen LogP contribution >= 0.6 is 22.9 Å². The highest BCUT2D eigenvalue weighted by Crippen LogP contribution is 2.51. The van der Waals surface area contributed by atoms with Crippen LogP contribution in [-0.2, 0) is 10.2 Å². The number of nitrogens with zero attached hydrogens (tertiary/aromatic N) is 3. The Hall–Kier alpha value is -3.22. The molecule has 0 bridgehead atoms. The first-order chi connectivity index (χ1) is 16.7. The van der Waals surface area contributed by atoms with Gasteiger partial charge in [-0.3, -0.25) is 4.79 Å². The van der Waals surface area contributed by atoms with Gasteiger partial charge in [-0.1, -0.05) is 30.7 Å². The first-order valence-corrected chi connectivity index (χ1v) is 12.8. The Morgan fingerprint density at radius 3 is 2.54 bits per heavy atom. The van der Waals surface area contributed by atoms with Gasteiger partial charge in [0, 0.05) is 51.4 Å². The van der Waals surface area contributed by atoms with E-state index >= 15 is 0 Å². The van der Waals surface area contributed by atoms with Crippen LogP contribution in [0.15, 0.2) is 71.6 Å². The molecule has 0 spiro atoms. The molecule has 0 fully saturated rings. The number of fused-ring (bicyclic) bond motifs is 1. The maximum Gasteiger partial charge on any atom is 0.227 e. The van der Waals surface area contributed by atoms with Crippen LogP contribution in [0.4, 0.5) is 17.3 Å². The van der Waals surface area contributed by atoms with Crippen LogP contribution < -0.4 is 10.2 Å². The number of benzene rings is 2. The Kier molecular flexibility index (Phi) is 5.90. The second-order valence-corrected chi connectivity index (χ2v) is 11.0. The van der Waals surface area contributed by atoms with Crippen LogP contribution in [-0.4, -0.2) is 21.4 Å². The molecule has 1 aliphatic rings. The molecule has 2 aromatic heterocycles. The number of anilines is 3. The zero-order valence-corrected chi connectivity index (χ0v) is 21.7. The largest absolute Gasteiger partial charge is 0.324 e. The van der Waals surface area contributed by atoms with E-state index in [9.17, 15) is 4.79 Å². The lowest BCUT2D eigenvalue weighted by molar-refractivity contribution is -0.117. The molecule has 4 aromatic rings. The summed E-state index contributed by atoms with van der Waals surface area (Å²) in [5, 5.41) is 8.19. The average molecular weight is 503 g/mol. The van der Waals surface area contributed by atoms with E-state index in [-0.39, 0.29) is 16.9 Å². The van der Waals surface area contributed by atoms with Crippen molar-refractivity contribution in [1.82, 2.24) is 9.97 Å². The topological polar surface area (TPSA) is 58.1 Å². The minimum atomic E-state index is -0.361. The predicted molar refractivity (Wildman–Crippen MR) is 145 cm³/mol. The molecule has 35 heavy (non-hydrogen) atoms. The van der Waals surface area contributed by atoms with Gasteiger partial charge in [-0.15, -0.1) is 0 Å². The van der Waals surface area contributed by atoms with Crippen molar-refractivity contribution in [2.24, 2.45) is 0 Å². The average Bonchev–Trinajstić information content (AvgIpc) is 3.34. The molecule has 178 valence electrons. The molecule has 1 N–H and O–H groups in total. The van der Waals surface area contributed by atoms with E-state index in [1.165, 1.54) is 0 Å². The molecule has 1 atom stereocenters. The highest BCUT2D eigenvalue weighted by molar-refractivity contribution is 7.08. The van der Waals surface area contributed by atoms with E-state index < -0.39 is 0 Å². The molecule has 5 rings (SSSR count). The zero-order valence-electron chi connectivity index (χ0n) is 20.2. The third kappa shape index (κ3) is 4.32. The number of nitrogens with one attached hydrogen (secondary N) is 1. The molecule has 0 saturated heterocycles. The van der Waals surface area contributed by atoms with Gasteiger partial charge >= 0.3 is 0 Å². The van der Waals surface area contributed by atoms with Gasteiger partial charge in [0.15, 0.2) is 0 Å². The number of halogens is 1. The maximum atomic E-state index is 12.8. The second-order valence-electron chi connectivity index (χ2n) is 9.82. The number of hydrogen-bond acceptors (Lipinski definition) is 5. The number of thiophene rings is 1. The zero-order chi connectivity index (χ0) is 24.8. The monoisotopic (exact) mass is 502 g/mol. The van der Waals surface area contributed by atoms with Crippen molar-refractivity contribution in [3.05, 3.63) is 87.7 Å². The number of carbonyl (C=O) groups excluding carboxylic acids is 1. The van der Waals surface area contributed by atoms with Crippen molar-refractivity contribution >= 4 is 46.2 Å². The van der Waals surface area contributed by atoms with Crippen molar-refractivity contribution in [3.8, 4) is 11.3 Å². The van der Waals surface area contributed by atoms with Gasteiger partial charge < -0.3 is 10.2 Å². The quantitative estimate of drug-likeness (QED) is 0.315. The maximum absolute atomic E-state index is 12.8. The third-order valence-corrected chi connectivity index (χ3v) is 7.68. The summed E-state index contributed by atoms with van der Waals surface area (Å²) < 4.78 is 0. The van der Waals surface area contributed by atoms with Crippen molar-refractivity contribution in [2.75, 3.05) is 10.2 Å². The van der Waals surface area contributed by atoms with Gasteiger partial charge in [-0.05, 0) is 79.2 Å². The van der Waals surface area contributed by atoms with Gasteiger partial charge in [0.25, 0.3) is 0 Å². The molecular formula is C28H27ClN4OS. The van der Waals surface area contributed by atoms with Crippen molar-refractivity contribution in [1.29, 1.82) is 0 Å². The molecule has 0 aliphatic carbocycles. The van der Waals surface area contributed by atoms with Crippen molar-refractivity contribution in [3.63, 3.8) is 0 Å². The summed E-state index contributed by atoms with van der Waals surface area (Å²) in [6.07, 6.45) is 2.53. The SMILES string of the molecule is CC(=O)N1c2ccc(Nc3nccc(-c4ccsc4)n3)cc2C(C)(c2ccc(Cl)cc2)CC1(C)C. The van der Waals surface area contributed by atoms with Crippen LogP contribution in [0.1, 0.15) is 45.2 Å². The summed E-state index contributed by atoms with van der Waals surface area (Å²) in [7, 11) is 0. The molecule has 0 saturated carbocycles. The van der Waals surface area contributed by atoms with Crippen LogP contribution in [0.3, 0.4) is 0 Å². The highest BCUT2D eigenvalue weighted by atomic mass is 35.5. The van der Waals surface area contributed by atoms with Gasteiger partial charge in [-0.2, -0.15) is 11.3 Å². The van der Waals surface area contributed by atoms with Crippen LogP contribution in [0.2, 0.25) is 5.02 Å². The van der Waals surface area contributed by atoms with Gasteiger partial charge in [-0.25, -0.2) is 9.97 Å². The summed E-state index contributed by atoms with van der Waals surface area (Å²) in [4.78, 5) is 23.8. The fourth-order valence-corrected chi connectivity index (χ4v) is 6.18. The Balaban J connectivity index is 1.60. The van der Waals surface area contributed by atoms with E-state index in [1.807, 2.05) is 46.7 Å². The molecule has 5 nitrogen and oxygen atoms in total. The molecule has 2 aromatic carbocycles. The fourth-order valence-electron chi connectivity index (χ4n) is 5.41. The normalized spacial score (nSPS) is 18.7. The molecule has 0 radical (unpaired) electrons. The Labute approximate surface area is 214 Å². The smallest absolute Gasteiger partial charge is 0.227 e. The standard InChI is InChI=1S/C28H27ClN4OS/c1-18(34)33-25-10-9-22(31-26-30-13-11-24(32-26)19-12-14-35-16-19)15-23(25)28(4,17-27(33,2)3)20-5-7-21(29)8-6-20/h5-16H,17H2,1-4H3,(H,30,31,32). The van der Waals surface area contributed by atoms with Gasteiger partial charge in [0.05, 0.1) is 5.69 Å². The van der Waals surface area contributed by atoms with Crippen LogP contribution in [0.5, 0.6) is 0 Å². The van der Waals surface area contributed by atoms with E-state index in [0.29, 0.717) is 11.0 Å². The molecule has 1 amide bonds.